The lowest BCUT2D eigenvalue weighted by Crippen LogP contribution is -2.00. The highest BCUT2D eigenvalue weighted by Gasteiger charge is 2.28. The molecule has 0 spiro atoms. The molecule has 0 bridgehead atoms. The van der Waals surface area contributed by atoms with Gasteiger partial charge in [-0.3, -0.25) is 4.79 Å². The number of benzene rings is 2. The molecule has 0 aromatic heterocycles. The minimum Gasteiger partial charge on any atom is -0.489 e. The number of carbonyl (C=O) groups excluding carboxylic acids is 1. The van der Waals surface area contributed by atoms with Gasteiger partial charge in [0.1, 0.15) is 18.1 Å². The van der Waals surface area contributed by atoms with Crippen molar-refractivity contribution < 1.29 is 14.3 Å². The Morgan fingerprint density at radius 3 is 2.70 bits per heavy atom. The van der Waals surface area contributed by atoms with Crippen LogP contribution in [0.4, 0.5) is 0 Å². The van der Waals surface area contributed by atoms with Crippen LogP contribution in [0.3, 0.4) is 0 Å². The highest BCUT2D eigenvalue weighted by Crippen LogP contribution is 2.34. The number of allylic oxidation sites excluding steroid dienone is 1. The van der Waals surface area contributed by atoms with Crippen molar-refractivity contribution >= 4 is 11.9 Å². The number of para-hydroxylation sites is 1. The van der Waals surface area contributed by atoms with Gasteiger partial charge in [-0.05, 0) is 49.2 Å². The first-order chi connectivity index (χ1) is 11.1. The molecule has 1 aliphatic heterocycles. The Morgan fingerprint density at radius 1 is 1.17 bits per heavy atom. The number of carbonyl (C=O) groups is 1. The Kier molecular flexibility index (Phi) is 4.02. The van der Waals surface area contributed by atoms with Gasteiger partial charge in [0.15, 0.2) is 5.76 Å². The fourth-order valence-corrected chi connectivity index (χ4v) is 2.47. The first-order valence-electron chi connectivity index (χ1n) is 7.48. The number of hydrogen-bond acceptors (Lipinski definition) is 3. The molecule has 116 valence electrons. The molecule has 0 N–H and O–H groups in total. The standard InChI is InChI=1S/C20H18O3/c1-4-9-22-17-8-6-5-7-15(17)12-19-20(21)16-10-13(2)14(3)11-18(16)23-19/h4-8,10-12H,1,9H2,2-3H3/b19-12-. The second-order valence-electron chi connectivity index (χ2n) is 5.51. The van der Waals surface area contributed by atoms with Crippen LogP contribution in [0, 0.1) is 13.8 Å². The van der Waals surface area contributed by atoms with Crippen molar-refractivity contribution in [2.24, 2.45) is 0 Å². The van der Waals surface area contributed by atoms with Gasteiger partial charge in [0, 0.05) is 5.56 Å². The number of aryl methyl sites for hydroxylation is 2. The van der Waals surface area contributed by atoms with Crippen molar-refractivity contribution in [3.63, 3.8) is 0 Å². The quantitative estimate of drug-likeness (QED) is 0.617. The first-order valence-corrected chi connectivity index (χ1v) is 7.48. The number of ether oxygens (including phenoxy) is 2. The number of fused-ring (bicyclic) bond motifs is 1. The van der Waals surface area contributed by atoms with E-state index in [0.717, 1.165) is 16.7 Å². The third-order valence-electron chi connectivity index (χ3n) is 3.85. The normalized spacial score (nSPS) is 14.5. The van der Waals surface area contributed by atoms with Gasteiger partial charge >= 0.3 is 0 Å². The maximum absolute atomic E-state index is 12.5. The van der Waals surface area contributed by atoms with Gasteiger partial charge in [-0.15, -0.1) is 0 Å². The fraction of sp³-hybridized carbons (Fsp3) is 0.150. The van der Waals surface area contributed by atoms with Crippen LogP contribution < -0.4 is 9.47 Å². The third-order valence-corrected chi connectivity index (χ3v) is 3.85. The van der Waals surface area contributed by atoms with E-state index in [0.29, 0.717) is 29.4 Å². The molecule has 1 heterocycles. The zero-order chi connectivity index (χ0) is 16.4. The van der Waals surface area contributed by atoms with Gasteiger partial charge in [-0.1, -0.05) is 30.9 Å². The maximum Gasteiger partial charge on any atom is 0.231 e. The molecule has 3 heteroatoms. The van der Waals surface area contributed by atoms with Gasteiger partial charge in [0.2, 0.25) is 5.78 Å². The van der Waals surface area contributed by atoms with E-state index in [1.54, 1.807) is 12.2 Å². The van der Waals surface area contributed by atoms with E-state index >= 15 is 0 Å². The smallest absolute Gasteiger partial charge is 0.231 e. The molecule has 0 unspecified atom stereocenters. The van der Waals surface area contributed by atoms with E-state index in [4.69, 9.17) is 9.47 Å². The van der Waals surface area contributed by atoms with Gasteiger partial charge in [0.25, 0.3) is 0 Å². The molecule has 0 aliphatic carbocycles. The van der Waals surface area contributed by atoms with Gasteiger partial charge in [-0.2, -0.15) is 0 Å². The Labute approximate surface area is 135 Å². The SMILES string of the molecule is C=CCOc1ccccc1/C=C1\Oc2cc(C)c(C)cc2C1=O. The monoisotopic (exact) mass is 306 g/mol. The lowest BCUT2D eigenvalue weighted by molar-refractivity contribution is 0.101. The molecule has 1 aliphatic rings. The van der Waals surface area contributed by atoms with Gasteiger partial charge in [-0.25, -0.2) is 0 Å². The van der Waals surface area contributed by atoms with Crippen molar-refractivity contribution in [2.75, 3.05) is 6.61 Å². The summed E-state index contributed by atoms with van der Waals surface area (Å²) in [5.41, 5.74) is 3.60. The molecule has 0 radical (unpaired) electrons. The average molecular weight is 306 g/mol. The molecule has 2 aromatic carbocycles. The topological polar surface area (TPSA) is 35.5 Å². The van der Waals surface area contributed by atoms with Crippen LogP contribution >= 0.6 is 0 Å². The van der Waals surface area contributed by atoms with Crippen LogP contribution in [-0.2, 0) is 0 Å². The van der Waals surface area contributed by atoms with Crippen LogP contribution in [-0.4, -0.2) is 12.4 Å². The summed E-state index contributed by atoms with van der Waals surface area (Å²) in [5.74, 6) is 1.54. The molecule has 0 saturated heterocycles. The minimum absolute atomic E-state index is 0.0957. The Bertz CT molecular complexity index is 816. The molecular formula is C20H18O3. The second kappa shape index (κ2) is 6.13. The molecule has 0 amide bonds. The van der Waals surface area contributed by atoms with Crippen LogP contribution in [0.2, 0.25) is 0 Å². The summed E-state index contributed by atoms with van der Waals surface area (Å²) in [6.07, 6.45) is 3.41. The van der Waals surface area contributed by atoms with Crippen molar-refractivity contribution in [3.05, 3.63) is 77.1 Å². The van der Waals surface area contributed by atoms with Gasteiger partial charge in [0.05, 0.1) is 5.56 Å². The molecule has 0 fully saturated rings. The first kappa shape index (κ1) is 15.1. The summed E-state index contributed by atoms with van der Waals surface area (Å²) in [5, 5.41) is 0. The predicted molar refractivity (Wildman–Crippen MR) is 91.0 cm³/mol. The summed E-state index contributed by atoms with van der Waals surface area (Å²) in [7, 11) is 0. The minimum atomic E-state index is -0.0957. The van der Waals surface area contributed by atoms with E-state index < -0.39 is 0 Å². The molecule has 23 heavy (non-hydrogen) atoms. The van der Waals surface area contributed by atoms with Crippen molar-refractivity contribution in [2.45, 2.75) is 13.8 Å². The van der Waals surface area contributed by atoms with E-state index in [-0.39, 0.29) is 5.78 Å². The molecule has 3 rings (SSSR count). The van der Waals surface area contributed by atoms with Crippen molar-refractivity contribution in [1.29, 1.82) is 0 Å². The summed E-state index contributed by atoms with van der Waals surface area (Å²) in [6, 6.07) is 11.3. The lowest BCUT2D eigenvalue weighted by atomic mass is 10.0. The molecule has 0 saturated carbocycles. The van der Waals surface area contributed by atoms with Crippen LogP contribution in [0.1, 0.15) is 27.0 Å². The zero-order valence-electron chi connectivity index (χ0n) is 13.3. The Morgan fingerprint density at radius 2 is 1.91 bits per heavy atom. The number of hydrogen-bond donors (Lipinski definition) is 0. The van der Waals surface area contributed by atoms with Crippen LogP contribution in [0.5, 0.6) is 11.5 Å². The average Bonchev–Trinajstić information content (AvgIpc) is 2.83. The van der Waals surface area contributed by atoms with Crippen LogP contribution in [0.25, 0.3) is 6.08 Å². The second-order valence-corrected chi connectivity index (χ2v) is 5.51. The fourth-order valence-electron chi connectivity index (χ4n) is 2.47. The highest BCUT2D eigenvalue weighted by molar-refractivity contribution is 6.14. The molecular weight excluding hydrogens is 288 g/mol. The maximum atomic E-state index is 12.5. The summed E-state index contributed by atoms with van der Waals surface area (Å²) >= 11 is 0. The summed E-state index contributed by atoms with van der Waals surface area (Å²) < 4.78 is 11.4. The van der Waals surface area contributed by atoms with E-state index in [9.17, 15) is 4.79 Å². The van der Waals surface area contributed by atoms with E-state index in [2.05, 4.69) is 6.58 Å². The zero-order valence-corrected chi connectivity index (χ0v) is 13.3. The van der Waals surface area contributed by atoms with Gasteiger partial charge < -0.3 is 9.47 Å². The highest BCUT2D eigenvalue weighted by atomic mass is 16.5. The summed E-state index contributed by atoms with van der Waals surface area (Å²) in [4.78, 5) is 12.5. The Balaban J connectivity index is 1.96. The third kappa shape index (κ3) is 2.90. The van der Waals surface area contributed by atoms with E-state index in [1.165, 1.54) is 0 Å². The van der Waals surface area contributed by atoms with Crippen molar-refractivity contribution in [1.82, 2.24) is 0 Å². The van der Waals surface area contributed by atoms with Crippen LogP contribution in [0.15, 0.2) is 54.8 Å². The number of Topliss-reactive ketones (excluding diaryl/α,β-unsaturated/α-hetero) is 1. The molecule has 3 nitrogen and oxygen atoms in total. The van der Waals surface area contributed by atoms with Crippen molar-refractivity contribution in [3.8, 4) is 11.5 Å². The van der Waals surface area contributed by atoms with E-state index in [1.807, 2.05) is 50.2 Å². The Hall–Kier alpha value is -2.81. The largest absolute Gasteiger partial charge is 0.489 e. The summed E-state index contributed by atoms with van der Waals surface area (Å²) in [6.45, 7) is 8.05. The number of rotatable bonds is 4. The predicted octanol–water partition coefficient (Wildman–Crippen LogP) is 4.48. The molecule has 2 aromatic rings. The molecule has 0 atom stereocenters. The number of ketones is 1. The lowest BCUT2D eigenvalue weighted by Gasteiger charge is -2.07.